The van der Waals surface area contributed by atoms with E-state index in [0.717, 1.165) is 60.3 Å². The Morgan fingerprint density at radius 3 is 2.79 bits per heavy atom. The van der Waals surface area contributed by atoms with E-state index in [9.17, 15) is 0 Å². The lowest BCUT2D eigenvalue weighted by Gasteiger charge is -2.24. The molecule has 0 saturated heterocycles. The number of nitrogens with zero attached hydrogens (tertiary/aromatic N) is 6. The molecular formula is C26H27N7O. The molecule has 1 aliphatic carbocycles. The number of benzene rings is 2. The Balaban J connectivity index is 1.42. The molecule has 1 atom stereocenters. The third kappa shape index (κ3) is 3.75. The van der Waals surface area contributed by atoms with E-state index in [1.54, 1.807) is 11.0 Å². The number of rotatable bonds is 2. The van der Waals surface area contributed by atoms with Crippen LogP contribution in [0.1, 0.15) is 41.4 Å². The molecule has 2 aromatic carbocycles. The van der Waals surface area contributed by atoms with Crippen LogP contribution in [0, 0.1) is 6.92 Å². The SMILES string of the molecule is Cc1ncn(-c2ccc3cc2OCCCN(C)c2nc(nc4c2CCC4c2ccccc2)N3)n1. The molecule has 8 nitrogen and oxygen atoms in total. The van der Waals surface area contributed by atoms with Crippen LogP contribution < -0.4 is 15.0 Å². The number of ether oxygens (including phenoxy) is 1. The Bertz CT molecular complexity index is 1330. The Morgan fingerprint density at radius 1 is 1.09 bits per heavy atom. The zero-order chi connectivity index (χ0) is 23.1. The van der Waals surface area contributed by atoms with Crippen molar-refractivity contribution >= 4 is 17.5 Å². The highest BCUT2D eigenvalue weighted by Crippen LogP contribution is 2.41. The minimum Gasteiger partial charge on any atom is -0.491 e. The molecule has 6 rings (SSSR count). The molecule has 0 radical (unpaired) electrons. The second kappa shape index (κ2) is 8.44. The van der Waals surface area contributed by atoms with Gasteiger partial charge in [-0.25, -0.2) is 14.6 Å². The molecule has 4 aromatic rings. The molecule has 2 aliphatic rings. The molecule has 4 bridgehead atoms. The number of hydrogen-bond donors (Lipinski definition) is 1. The first kappa shape index (κ1) is 20.7. The van der Waals surface area contributed by atoms with E-state index < -0.39 is 0 Å². The summed E-state index contributed by atoms with van der Waals surface area (Å²) in [5.41, 5.74) is 5.44. The van der Waals surface area contributed by atoms with Crippen molar-refractivity contribution in [1.82, 2.24) is 24.7 Å². The fourth-order valence-electron chi connectivity index (χ4n) is 4.90. The molecule has 2 aromatic heterocycles. The van der Waals surface area contributed by atoms with Gasteiger partial charge in [0.1, 0.15) is 29.4 Å². The largest absolute Gasteiger partial charge is 0.491 e. The normalized spacial score (nSPS) is 17.2. The van der Waals surface area contributed by atoms with Gasteiger partial charge in [-0.3, -0.25) is 0 Å². The van der Waals surface area contributed by atoms with Gasteiger partial charge in [-0.15, -0.1) is 0 Å². The number of aryl methyl sites for hydroxylation is 1. The second-order valence-corrected chi connectivity index (χ2v) is 8.90. The highest BCUT2D eigenvalue weighted by atomic mass is 16.5. The highest BCUT2D eigenvalue weighted by Gasteiger charge is 2.30. The molecule has 3 heterocycles. The summed E-state index contributed by atoms with van der Waals surface area (Å²) < 4.78 is 7.95. The predicted molar refractivity (Wildman–Crippen MR) is 131 cm³/mol. The smallest absolute Gasteiger partial charge is 0.229 e. The van der Waals surface area contributed by atoms with Gasteiger partial charge >= 0.3 is 0 Å². The van der Waals surface area contributed by atoms with Crippen molar-refractivity contribution in [3.8, 4) is 11.4 Å². The number of fused-ring (bicyclic) bond motifs is 6. The van der Waals surface area contributed by atoms with Crippen LogP contribution in [0.25, 0.3) is 5.69 Å². The Morgan fingerprint density at radius 2 is 1.97 bits per heavy atom. The molecule has 172 valence electrons. The van der Waals surface area contributed by atoms with Crippen LogP contribution in [0.15, 0.2) is 54.9 Å². The maximum absolute atomic E-state index is 6.20. The average Bonchev–Trinajstić information content (AvgIpc) is 3.47. The molecular weight excluding hydrogens is 426 g/mol. The van der Waals surface area contributed by atoms with Gasteiger partial charge in [0.25, 0.3) is 0 Å². The summed E-state index contributed by atoms with van der Waals surface area (Å²) in [5, 5.41) is 7.89. The summed E-state index contributed by atoms with van der Waals surface area (Å²) in [6.45, 7) is 3.32. The van der Waals surface area contributed by atoms with E-state index in [1.165, 1.54) is 11.1 Å². The molecule has 1 N–H and O–H groups in total. The molecule has 0 amide bonds. The van der Waals surface area contributed by atoms with Crippen molar-refractivity contribution < 1.29 is 4.74 Å². The fraction of sp³-hybridized carbons (Fsp3) is 0.308. The lowest BCUT2D eigenvalue weighted by Crippen LogP contribution is -2.24. The average molecular weight is 454 g/mol. The number of nitrogens with one attached hydrogen (secondary N) is 1. The molecule has 0 fully saturated rings. The monoisotopic (exact) mass is 453 g/mol. The topological polar surface area (TPSA) is 81.0 Å². The standard InChI is InChI=1S/C26H27N7O/c1-17-27-16-33(31-17)22-12-9-19-15-23(22)34-14-6-13-32(2)25-21-11-10-20(18-7-4-3-5-8-18)24(21)29-26(28-19)30-25/h3-5,7-9,12,15-16,20H,6,10-11,13-14H2,1-2H3,(H,28,29,30). The van der Waals surface area contributed by atoms with Crippen molar-refractivity contribution in [2.24, 2.45) is 0 Å². The molecule has 1 aliphatic heterocycles. The van der Waals surface area contributed by atoms with Crippen LogP contribution >= 0.6 is 0 Å². The molecule has 34 heavy (non-hydrogen) atoms. The number of anilines is 3. The van der Waals surface area contributed by atoms with Crippen molar-refractivity contribution in [3.63, 3.8) is 0 Å². The summed E-state index contributed by atoms with van der Waals surface area (Å²) in [4.78, 5) is 16.5. The van der Waals surface area contributed by atoms with Crippen molar-refractivity contribution in [1.29, 1.82) is 0 Å². The van der Waals surface area contributed by atoms with Gasteiger partial charge in [-0.1, -0.05) is 30.3 Å². The van der Waals surface area contributed by atoms with Crippen LogP contribution in [0.3, 0.4) is 0 Å². The van der Waals surface area contributed by atoms with E-state index in [-0.39, 0.29) is 5.92 Å². The van der Waals surface area contributed by atoms with Crippen LogP contribution in [0.4, 0.5) is 17.5 Å². The van der Waals surface area contributed by atoms with E-state index in [4.69, 9.17) is 14.7 Å². The first-order valence-corrected chi connectivity index (χ1v) is 11.7. The van der Waals surface area contributed by atoms with E-state index in [1.807, 2.05) is 25.1 Å². The van der Waals surface area contributed by atoms with Crippen molar-refractivity contribution in [3.05, 3.63) is 77.5 Å². The maximum atomic E-state index is 6.20. The van der Waals surface area contributed by atoms with Crippen LogP contribution in [0.5, 0.6) is 5.75 Å². The maximum Gasteiger partial charge on any atom is 0.229 e. The van der Waals surface area contributed by atoms with E-state index in [2.05, 4.69) is 57.7 Å². The minimum absolute atomic E-state index is 0.289. The van der Waals surface area contributed by atoms with E-state index >= 15 is 0 Å². The van der Waals surface area contributed by atoms with Gasteiger partial charge in [0.05, 0.1) is 12.3 Å². The Hall–Kier alpha value is -3.94. The van der Waals surface area contributed by atoms with Gasteiger partial charge in [0, 0.05) is 36.8 Å². The van der Waals surface area contributed by atoms with Gasteiger partial charge in [-0.05, 0) is 43.9 Å². The zero-order valence-corrected chi connectivity index (χ0v) is 19.4. The van der Waals surface area contributed by atoms with Crippen LogP contribution in [-0.4, -0.2) is 44.9 Å². The highest BCUT2D eigenvalue weighted by molar-refractivity contribution is 5.64. The third-order valence-corrected chi connectivity index (χ3v) is 6.56. The molecule has 1 unspecified atom stereocenters. The lowest BCUT2D eigenvalue weighted by molar-refractivity contribution is 0.311. The zero-order valence-electron chi connectivity index (χ0n) is 19.4. The van der Waals surface area contributed by atoms with Gasteiger partial charge in [-0.2, -0.15) is 10.1 Å². The lowest BCUT2D eigenvalue weighted by atomic mass is 9.97. The van der Waals surface area contributed by atoms with Crippen LogP contribution in [-0.2, 0) is 6.42 Å². The summed E-state index contributed by atoms with van der Waals surface area (Å²) in [6, 6.07) is 16.6. The summed E-state index contributed by atoms with van der Waals surface area (Å²) in [5.74, 6) is 3.38. The summed E-state index contributed by atoms with van der Waals surface area (Å²) >= 11 is 0. The van der Waals surface area contributed by atoms with E-state index in [0.29, 0.717) is 12.6 Å². The number of aromatic nitrogens is 5. The van der Waals surface area contributed by atoms with Gasteiger partial charge in [0.2, 0.25) is 5.95 Å². The second-order valence-electron chi connectivity index (χ2n) is 8.90. The Labute approximate surface area is 198 Å². The molecule has 0 saturated carbocycles. The van der Waals surface area contributed by atoms with Crippen molar-refractivity contribution in [2.75, 3.05) is 30.4 Å². The Kier molecular flexibility index (Phi) is 5.13. The van der Waals surface area contributed by atoms with Crippen molar-refractivity contribution in [2.45, 2.75) is 32.1 Å². The first-order chi connectivity index (χ1) is 16.7. The predicted octanol–water partition coefficient (Wildman–Crippen LogP) is 4.41. The van der Waals surface area contributed by atoms with Crippen LogP contribution in [0.2, 0.25) is 0 Å². The number of hydrogen-bond acceptors (Lipinski definition) is 7. The summed E-state index contributed by atoms with van der Waals surface area (Å²) in [7, 11) is 2.11. The summed E-state index contributed by atoms with van der Waals surface area (Å²) in [6.07, 6.45) is 4.63. The fourth-order valence-corrected chi connectivity index (χ4v) is 4.90. The quantitative estimate of drug-likeness (QED) is 0.482. The molecule has 0 spiro atoms. The van der Waals surface area contributed by atoms with Gasteiger partial charge in [0.15, 0.2) is 0 Å². The minimum atomic E-state index is 0.289. The van der Waals surface area contributed by atoms with Gasteiger partial charge < -0.3 is 15.0 Å². The molecule has 8 heteroatoms. The first-order valence-electron chi connectivity index (χ1n) is 11.7. The third-order valence-electron chi connectivity index (χ3n) is 6.56.